The van der Waals surface area contributed by atoms with E-state index in [1.54, 1.807) is 6.33 Å². The van der Waals surface area contributed by atoms with Crippen LogP contribution in [0.3, 0.4) is 0 Å². The predicted molar refractivity (Wildman–Crippen MR) is 127 cm³/mol. The Hall–Kier alpha value is -1.73. The lowest BCUT2D eigenvalue weighted by Gasteiger charge is -2.32. The van der Waals surface area contributed by atoms with Gasteiger partial charge in [-0.15, -0.1) is 11.3 Å². The van der Waals surface area contributed by atoms with Crippen molar-refractivity contribution in [3.63, 3.8) is 0 Å². The number of nitrogens with one attached hydrogen (secondary N) is 1. The third kappa shape index (κ3) is 4.72. The second-order valence-electron chi connectivity index (χ2n) is 9.40. The van der Waals surface area contributed by atoms with Crippen molar-refractivity contribution < 1.29 is 4.79 Å². The summed E-state index contributed by atoms with van der Waals surface area (Å²) in [5, 5.41) is 4.50. The van der Waals surface area contributed by atoms with Gasteiger partial charge in [0.05, 0.1) is 5.39 Å². The van der Waals surface area contributed by atoms with Crippen LogP contribution in [0.5, 0.6) is 0 Å². The minimum atomic E-state index is 0.139. The summed E-state index contributed by atoms with van der Waals surface area (Å²) in [6, 6.07) is 0. The van der Waals surface area contributed by atoms with Crippen molar-refractivity contribution in [2.75, 3.05) is 44.2 Å². The van der Waals surface area contributed by atoms with Crippen LogP contribution in [0.1, 0.15) is 61.8 Å². The number of nitrogens with zero attached hydrogens (tertiary/aromatic N) is 4. The molecule has 0 aromatic carbocycles. The highest BCUT2D eigenvalue weighted by molar-refractivity contribution is 7.19. The number of likely N-dealkylation sites (tertiary alicyclic amines) is 1. The molecule has 7 heteroatoms. The van der Waals surface area contributed by atoms with E-state index in [0.29, 0.717) is 0 Å². The van der Waals surface area contributed by atoms with Gasteiger partial charge in [-0.1, -0.05) is 6.42 Å². The molecule has 0 radical (unpaired) electrons. The van der Waals surface area contributed by atoms with Crippen LogP contribution in [0.25, 0.3) is 10.2 Å². The van der Waals surface area contributed by atoms with Crippen LogP contribution < -0.4 is 10.2 Å². The maximum absolute atomic E-state index is 12.7. The molecule has 2 aliphatic heterocycles. The number of amides is 1. The van der Waals surface area contributed by atoms with Gasteiger partial charge in [0.25, 0.3) is 0 Å². The molecule has 5 rings (SSSR count). The van der Waals surface area contributed by atoms with Gasteiger partial charge in [0, 0.05) is 30.4 Å². The Kier molecular flexibility index (Phi) is 6.69. The molecule has 168 valence electrons. The number of anilines is 1. The lowest BCUT2D eigenvalue weighted by molar-refractivity contribution is -0.125. The first-order valence-electron chi connectivity index (χ1n) is 12.3. The maximum Gasteiger partial charge on any atom is 0.223 e. The molecule has 0 saturated carbocycles. The van der Waals surface area contributed by atoms with E-state index < -0.39 is 0 Å². The summed E-state index contributed by atoms with van der Waals surface area (Å²) < 4.78 is 0. The van der Waals surface area contributed by atoms with E-state index in [1.165, 1.54) is 67.4 Å². The van der Waals surface area contributed by atoms with Crippen molar-refractivity contribution in [3.8, 4) is 0 Å². The molecule has 0 atom stereocenters. The molecule has 2 fully saturated rings. The number of hydrogen-bond donors (Lipinski definition) is 1. The van der Waals surface area contributed by atoms with E-state index in [2.05, 4.69) is 20.1 Å². The fraction of sp³-hybridized carbons (Fsp3) is 0.708. The third-order valence-electron chi connectivity index (χ3n) is 7.30. The minimum Gasteiger partial charge on any atom is -0.356 e. The van der Waals surface area contributed by atoms with Crippen molar-refractivity contribution >= 4 is 33.3 Å². The van der Waals surface area contributed by atoms with Crippen LogP contribution >= 0.6 is 11.3 Å². The molecular weight excluding hydrogens is 406 g/mol. The number of piperidine rings is 2. The standard InChI is InChI=1S/C24H35N5OS/c30-23(25-11-6-14-28-12-4-1-5-13-28)18-9-15-29(16-10-18)22-21-19-7-2-3-8-20(19)31-24(21)27-17-26-22/h17-18H,1-16H2,(H,25,30). The van der Waals surface area contributed by atoms with Crippen molar-refractivity contribution in [1.82, 2.24) is 20.2 Å². The molecule has 1 amide bonds. The number of carbonyl (C=O) groups excluding carboxylic acids is 1. The quantitative estimate of drug-likeness (QED) is 0.692. The second-order valence-corrected chi connectivity index (χ2v) is 10.5. The van der Waals surface area contributed by atoms with Gasteiger partial charge in [0.1, 0.15) is 17.0 Å². The Balaban J connectivity index is 1.14. The lowest BCUT2D eigenvalue weighted by atomic mass is 9.94. The molecule has 2 aromatic rings. The van der Waals surface area contributed by atoms with E-state index in [-0.39, 0.29) is 11.8 Å². The Morgan fingerprint density at radius 3 is 2.68 bits per heavy atom. The normalized spacial score (nSPS) is 20.7. The lowest BCUT2D eigenvalue weighted by Crippen LogP contribution is -2.41. The van der Waals surface area contributed by atoms with Crippen LogP contribution in [0.15, 0.2) is 6.33 Å². The van der Waals surface area contributed by atoms with Crippen LogP contribution in [-0.2, 0) is 17.6 Å². The third-order valence-corrected chi connectivity index (χ3v) is 8.50. The number of thiophene rings is 1. The van der Waals surface area contributed by atoms with Gasteiger partial charge < -0.3 is 15.1 Å². The molecule has 4 heterocycles. The topological polar surface area (TPSA) is 61.4 Å². The molecule has 6 nitrogen and oxygen atoms in total. The van der Waals surface area contributed by atoms with Gasteiger partial charge in [0.15, 0.2) is 0 Å². The highest BCUT2D eigenvalue weighted by Gasteiger charge is 2.28. The van der Waals surface area contributed by atoms with E-state index in [4.69, 9.17) is 4.98 Å². The predicted octanol–water partition coefficient (Wildman–Crippen LogP) is 3.78. The van der Waals surface area contributed by atoms with Gasteiger partial charge >= 0.3 is 0 Å². The van der Waals surface area contributed by atoms with E-state index >= 15 is 0 Å². The van der Waals surface area contributed by atoms with Crippen molar-refractivity contribution in [1.29, 1.82) is 0 Å². The second kappa shape index (κ2) is 9.82. The fourth-order valence-electron chi connectivity index (χ4n) is 5.51. The smallest absolute Gasteiger partial charge is 0.223 e. The molecule has 3 aliphatic rings. The Bertz CT molecular complexity index is 899. The van der Waals surface area contributed by atoms with Crippen molar-refractivity contribution in [2.45, 2.75) is 64.2 Å². The molecule has 2 aromatic heterocycles. The Morgan fingerprint density at radius 1 is 1.03 bits per heavy atom. The number of aryl methyl sites for hydroxylation is 2. The molecule has 1 N–H and O–H groups in total. The van der Waals surface area contributed by atoms with Crippen LogP contribution in [0, 0.1) is 5.92 Å². The zero-order chi connectivity index (χ0) is 21.0. The zero-order valence-corrected chi connectivity index (χ0v) is 19.4. The Labute approximate surface area is 189 Å². The molecule has 2 saturated heterocycles. The molecule has 31 heavy (non-hydrogen) atoms. The molecule has 0 bridgehead atoms. The van der Waals surface area contributed by atoms with Gasteiger partial charge in [0.2, 0.25) is 5.91 Å². The number of fused-ring (bicyclic) bond motifs is 3. The van der Waals surface area contributed by atoms with E-state index in [1.807, 2.05) is 11.3 Å². The first kappa shape index (κ1) is 21.1. The van der Waals surface area contributed by atoms with E-state index in [9.17, 15) is 4.79 Å². The minimum absolute atomic E-state index is 0.139. The molecule has 0 unspecified atom stereocenters. The zero-order valence-electron chi connectivity index (χ0n) is 18.6. The number of hydrogen-bond acceptors (Lipinski definition) is 6. The summed E-state index contributed by atoms with van der Waals surface area (Å²) >= 11 is 1.86. The van der Waals surface area contributed by atoms with Gasteiger partial charge in [-0.25, -0.2) is 9.97 Å². The highest BCUT2D eigenvalue weighted by Crippen LogP contribution is 2.40. The largest absolute Gasteiger partial charge is 0.356 e. The number of aromatic nitrogens is 2. The van der Waals surface area contributed by atoms with Gasteiger partial charge in [-0.2, -0.15) is 0 Å². The Morgan fingerprint density at radius 2 is 1.84 bits per heavy atom. The SMILES string of the molecule is O=C(NCCCN1CCCCC1)C1CCN(c2ncnc3sc4c(c23)CCCC4)CC1. The molecular formula is C24H35N5OS. The van der Waals surface area contributed by atoms with Gasteiger partial charge in [-0.3, -0.25) is 4.79 Å². The van der Waals surface area contributed by atoms with Crippen molar-refractivity contribution in [3.05, 3.63) is 16.8 Å². The maximum atomic E-state index is 12.7. The number of rotatable bonds is 6. The highest BCUT2D eigenvalue weighted by atomic mass is 32.1. The average molecular weight is 442 g/mol. The summed E-state index contributed by atoms with van der Waals surface area (Å²) in [4.78, 5) is 29.6. The summed E-state index contributed by atoms with van der Waals surface area (Å²) in [6.07, 6.45) is 13.6. The van der Waals surface area contributed by atoms with Crippen molar-refractivity contribution in [2.24, 2.45) is 5.92 Å². The summed E-state index contributed by atoms with van der Waals surface area (Å²) in [5.41, 5.74) is 1.50. The fourth-order valence-corrected chi connectivity index (χ4v) is 6.73. The van der Waals surface area contributed by atoms with Crippen LogP contribution in [0.2, 0.25) is 0 Å². The summed E-state index contributed by atoms with van der Waals surface area (Å²) in [5.74, 6) is 1.49. The first-order chi connectivity index (χ1) is 15.3. The monoisotopic (exact) mass is 441 g/mol. The molecule has 0 spiro atoms. The average Bonchev–Trinajstić information content (AvgIpc) is 3.21. The van der Waals surface area contributed by atoms with Crippen LogP contribution in [0.4, 0.5) is 5.82 Å². The summed E-state index contributed by atoms with van der Waals surface area (Å²) in [6.45, 7) is 6.20. The van der Waals surface area contributed by atoms with Gasteiger partial charge in [-0.05, 0) is 83.0 Å². The van der Waals surface area contributed by atoms with E-state index in [0.717, 1.165) is 62.5 Å². The number of carbonyl (C=O) groups is 1. The molecule has 1 aliphatic carbocycles. The van der Waals surface area contributed by atoms with Crippen LogP contribution in [-0.4, -0.2) is 60.0 Å². The summed E-state index contributed by atoms with van der Waals surface area (Å²) in [7, 11) is 0. The first-order valence-corrected chi connectivity index (χ1v) is 13.1.